The second kappa shape index (κ2) is 6.25. The minimum Gasteiger partial charge on any atom is -0.486 e. The predicted molar refractivity (Wildman–Crippen MR) is 87.2 cm³/mol. The predicted octanol–water partition coefficient (Wildman–Crippen LogP) is 2.83. The van der Waals surface area contributed by atoms with E-state index in [1.165, 1.54) is 18.2 Å². The van der Waals surface area contributed by atoms with Crippen molar-refractivity contribution in [3.8, 4) is 23.0 Å². The lowest BCUT2D eigenvalue weighted by Crippen LogP contribution is -2.25. The number of hydrogen-bond acceptors (Lipinski definition) is 6. The van der Waals surface area contributed by atoms with Crippen molar-refractivity contribution in [1.82, 2.24) is 0 Å². The third kappa shape index (κ3) is 3.41. The van der Waals surface area contributed by atoms with E-state index in [0.717, 1.165) is 0 Å². The molecule has 0 atom stereocenters. The number of rotatable bonds is 4. The van der Waals surface area contributed by atoms with Gasteiger partial charge in [-0.2, -0.15) is 0 Å². The normalized spacial score (nSPS) is 16.1. The summed E-state index contributed by atoms with van der Waals surface area (Å²) in [5.41, 5.74) is 1.01. The van der Waals surface area contributed by atoms with Crippen LogP contribution in [0, 0.1) is 0 Å². The highest BCUT2D eigenvalue weighted by molar-refractivity contribution is 5.94. The first kappa shape index (κ1) is 16.2. The molecule has 2 heterocycles. The Labute approximate surface area is 146 Å². The van der Waals surface area contributed by atoms with Crippen molar-refractivity contribution in [2.24, 2.45) is 0 Å². The molecule has 2 aromatic carbocycles. The molecule has 0 aliphatic carbocycles. The molecular weight excluding hydrogens is 350 g/mol. The molecule has 7 nitrogen and oxygen atoms in total. The van der Waals surface area contributed by atoms with E-state index in [-0.39, 0.29) is 24.0 Å². The maximum absolute atomic E-state index is 13.0. The first-order valence-electron chi connectivity index (χ1n) is 7.82. The van der Waals surface area contributed by atoms with Crippen LogP contribution in [0.1, 0.15) is 0 Å². The lowest BCUT2D eigenvalue weighted by molar-refractivity contribution is -0.286. The zero-order chi connectivity index (χ0) is 18.1. The molecule has 26 heavy (non-hydrogen) atoms. The van der Waals surface area contributed by atoms with Crippen LogP contribution in [-0.2, 0) is 4.79 Å². The van der Waals surface area contributed by atoms with Crippen molar-refractivity contribution in [3.63, 3.8) is 0 Å². The number of carbonyl (C=O) groups excluding carboxylic acids is 1. The second-order valence-corrected chi connectivity index (χ2v) is 5.59. The fraction of sp³-hybridized carbons (Fsp3) is 0.235. The van der Waals surface area contributed by atoms with Crippen LogP contribution in [0.5, 0.6) is 23.0 Å². The molecule has 0 bridgehead atoms. The van der Waals surface area contributed by atoms with Crippen molar-refractivity contribution in [3.05, 3.63) is 36.4 Å². The summed E-state index contributed by atoms with van der Waals surface area (Å²) < 4.78 is 45.6. The van der Waals surface area contributed by atoms with Crippen molar-refractivity contribution in [1.29, 1.82) is 0 Å². The van der Waals surface area contributed by atoms with Gasteiger partial charge in [0.2, 0.25) is 5.91 Å². The molecule has 0 aromatic heterocycles. The number of halogens is 2. The quantitative estimate of drug-likeness (QED) is 0.869. The molecule has 0 fully saturated rings. The molecule has 0 radical (unpaired) electrons. The highest BCUT2D eigenvalue weighted by atomic mass is 19.3. The Morgan fingerprint density at radius 2 is 1.58 bits per heavy atom. The summed E-state index contributed by atoms with van der Waals surface area (Å²) in [5, 5.41) is 5.55. The maximum atomic E-state index is 13.0. The molecule has 2 aliphatic heterocycles. The molecular formula is C17H14F2N2O5. The van der Waals surface area contributed by atoms with Gasteiger partial charge >= 0.3 is 6.29 Å². The van der Waals surface area contributed by atoms with Crippen molar-refractivity contribution in [2.75, 3.05) is 30.4 Å². The van der Waals surface area contributed by atoms with Gasteiger partial charge in [0.15, 0.2) is 23.0 Å². The summed E-state index contributed by atoms with van der Waals surface area (Å²) in [6.45, 7) is 0.952. The summed E-state index contributed by atoms with van der Waals surface area (Å²) in [4.78, 5) is 12.1. The number of anilines is 2. The summed E-state index contributed by atoms with van der Waals surface area (Å²) in [7, 11) is 0. The van der Waals surface area contributed by atoms with E-state index in [2.05, 4.69) is 20.1 Å². The van der Waals surface area contributed by atoms with Gasteiger partial charge in [-0.1, -0.05) is 0 Å². The van der Waals surface area contributed by atoms with Gasteiger partial charge in [0, 0.05) is 23.5 Å². The Hall–Kier alpha value is -3.23. The van der Waals surface area contributed by atoms with E-state index in [4.69, 9.17) is 9.47 Å². The summed E-state index contributed by atoms with van der Waals surface area (Å²) in [6, 6.07) is 9.30. The maximum Gasteiger partial charge on any atom is 0.586 e. The second-order valence-electron chi connectivity index (χ2n) is 5.59. The van der Waals surface area contributed by atoms with Crippen LogP contribution in [0.2, 0.25) is 0 Å². The SMILES string of the molecule is O=C(CNc1ccc2c(c1)OCCO2)Nc1ccc2c(c1)OC(F)(F)O2. The molecule has 0 unspecified atom stereocenters. The number of hydrogen-bond donors (Lipinski definition) is 2. The minimum absolute atomic E-state index is 0.0236. The molecule has 1 amide bonds. The topological polar surface area (TPSA) is 78.1 Å². The largest absolute Gasteiger partial charge is 0.586 e. The summed E-state index contributed by atoms with van der Waals surface area (Å²) in [6.07, 6.45) is -3.69. The molecule has 2 N–H and O–H groups in total. The van der Waals surface area contributed by atoms with E-state index < -0.39 is 6.29 Å². The van der Waals surface area contributed by atoms with E-state index >= 15 is 0 Å². The molecule has 2 aliphatic rings. The van der Waals surface area contributed by atoms with Crippen molar-refractivity contribution < 1.29 is 32.5 Å². The number of nitrogens with one attached hydrogen (secondary N) is 2. The van der Waals surface area contributed by atoms with Crippen LogP contribution >= 0.6 is 0 Å². The van der Waals surface area contributed by atoms with Gasteiger partial charge in [-0.15, -0.1) is 8.78 Å². The summed E-state index contributed by atoms with van der Waals surface area (Å²) >= 11 is 0. The number of ether oxygens (including phenoxy) is 4. The van der Waals surface area contributed by atoms with Crippen molar-refractivity contribution >= 4 is 17.3 Å². The number of benzene rings is 2. The van der Waals surface area contributed by atoms with E-state index in [0.29, 0.717) is 36.1 Å². The van der Waals surface area contributed by atoms with Gasteiger partial charge in [0.1, 0.15) is 13.2 Å². The average molecular weight is 364 g/mol. The van der Waals surface area contributed by atoms with Crippen LogP contribution in [0.15, 0.2) is 36.4 Å². The molecule has 9 heteroatoms. The van der Waals surface area contributed by atoms with Crippen molar-refractivity contribution in [2.45, 2.75) is 6.29 Å². The third-order valence-electron chi connectivity index (χ3n) is 3.68. The zero-order valence-electron chi connectivity index (χ0n) is 13.4. The van der Waals surface area contributed by atoms with Gasteiger partial charge in [0.25, 0.3) is 0 Å². The standard InChI is InChI=1S/C17H14F2N2O5/c18-17(19)25-13-4-2-11(8-15(13)26-17)21-16(22)9-20-10-1-3-12-14(7-10)24-6-5-23-12/h1-4,7-8,20H,5-6,9H2,(H,21,22). The molecule has 136 valence electrons. The van der Waals surface area contributed by atoms with E-state index in [9.17, 15) is 13.6 Å². The van der Waals surface area contributed by atoms with Crippen LogP contribution in [0.25, 0.3) is 0 Å². The Morgan fingerprint density at radius 1 is 0.923 bits per heavy atom. The highest BCUT2D eigenvalue weighted by Gasteiger charge is 2.43. The van der Waals surface area contributed by atoms with Gasteiger partial charge in [-0.05, 0) is 24.3 Å². The Balaban J connectivity index is 1.35. The number of amides is 1. The lowest BCUT2D eigenvalue weighted by Gasteiger charge is -2.19. The zero-order valence-corrected chi connectivity index (χ0v) is 13.4. The van der Waals surface area contributed by atoms with Gasteiger partial charge < -0.3 is 29.6 Å². The van der Waals surface area contributed by atoms with E-state index in [1.807, 2.05) is 0 Å². The first-order valence-corrected chi connectivity index (χ1v) is 7.82. The Kier molecular flexibility index (Phi) is 3.90. The average Bonchev–Trinajstić information content (AvgIpc) is 2.93. The highest BCUT2D eigenvalue weighted by Crippen LogP contribution is 2.42. The third-order valence-corrected chi connectivity index (χ3v) is 3.68. The van der Waals surface area contributed by atoms with Crippen LogP contribution in [0.4, 0.5) is 20.2 Å². The minimum atomic E-state index is -3.69. The number of fused-ring (bicyclic) bond motifs is 2. The van der Waals surface area contributed by atoms with Gasteiger partial charge in [-0.3, -0.25) is 4.79 Å². The molecule has 0 saturated carbocycles. The van der Waals surface area contributed by atoms with Crippen LogP contribution in [0.3, 0.4) is 0 Å². The van der Waals surface area contributed by atoms with Gasteiger partial charge in [0.05, 0.1) is 6.54 Å². The first-order chi connectivity index (χ1) is 12.5. The lowest BCUT2D eigenvalue weighted by atomic mass is 10.2. The fourth-order valence-corrected chi connectivity index (χ4v) is 2.57. The molecule has 0 saturated heterocycles. The number of carbonyl (C=O) groups is 1. The Morgan fingerprint density at radius 3 is 2.42 bits per heavy atom. The van der Waals surface area contributed by atoms with Gasteiger partial charge in [-0.25, -0.2) is 0 Å². The van der Waals surface area contributed by atoms with E-state index in [1.54, 1.807) is 18.2 Å². The monoisotopic (exact) mass is 364 g/mol. The Bertz CT molecular complexity index is 859. The summed E-state index contributed by atoms with van der Waals surface area (Å²) in [5.74, 6) is 0.697. The number of alkyl halides is 2. The smallest absolute Gasteiger partial charge is 0.486 e. The fourth-order valence-electron chi connectivity index (χ4n) is 2.57. The van der Waals surface area contributed by atoms with Crippen LogP contribution in [-0.4, -0.2) is 32.0 Å². The molecule has 4 rings (SSSR count). The van der Waals surface area contributed by atoms with Crippen LogP contribution < -0.4 is 29.6 Å². The molecule has 0 spiro atoms. The molecule has 2 aromatic rings.